The van der Waals surface area contributed by atoms with Gasteiger partial charge in [0, 0.05) is 58.6 Å². The van der Waals surface area contributed by atoms with Crippen LogP contribution in [0.3, 0.4) is 0 Å². The molecule has 2 saturated heterocycles. The maximum Gasteiger partial charge on any atom is 0.341 e. The monoisotopic (exact) mass is 441 g/mol. The van der Waals surface area contributed by atoms with Crippen LogP contribution < -0.4 is 20.0 Å². The highest BCUT2D eigenvalue weighted by Gasteiger charge is 2.32. The average molecular weight is 442 g/mol. The lowest BCUT2D eigenvalue weighted by Crippen LogP contribution is -2.47. The SMILES string of the molecule is C[C@@H]1COc2c(N3CCN(C)CC3)c(N3CCN(C)CC3)cc3c(=O)c(C(=O)O)cn1c23. The number of hydrogen-bond acceptors (Lipinski definition) is 7. The van der Waals surface area contributed by atoms with Gasteiger partial charge in [-0.25, -0.2) is 4.79 Å². The third-order valence-electron chi connectivity index (χ3n) is 7.06. The Bertz CT molecular complexity index is 1110. The highest BCUT2D eigenvalue weighted by molar-refractivity contribution is 6.01. The number of carbonyl (C=O) groups is 1. The van der Waals surface area contributed by atoms with Crippen LogP contribution >= 0.6 is 0 Å². The summed E-state index contributed by atoms with van der Waals surface area (Å²) in [6, 6.07) is 1.86. The molecule has 1 aromatic carbocycles. The normalized spacial score (nSPS) is 22.3. The number of hydrogen-bond donors (Lipinski definition) is 1. The minimum absolute atomic E-state index is 0.0569. The van der Waals surface area contributed by atoms with Gasteiger partial charge in [0.2, 0.25) is 5.43 Å². The summed E-state index contributed by atoms with van der Waals surface area (Å²) in [4.78, 5) is 34.4. The molecule has 1 atom stereocenters. The molecule has 172 valence electrons. The Hall–Kier alpha value is -2.78. The topological polar surface area (TPSA) is 81.5 Å². The van der Waals surface area contributed by atoms with E-state index in [4.69, 9.17) is 4.74 Å². The molecule has 0 aliphatic carbocycles. The highest BCUT2D eigenvalue weighted by atomic mass is 16.5. The Balaban J connectivity index is 1.78. The summed E-state index contributed by atoms with van der Waals surface area (Å²) in [5, 5.41) is 10.1. The number of piperazine rings is 2. The van der Waals surface area contributed by atoms with Crippen molar-refractivity contribution in [1.82, 2.24) is 14.4 Å². The lowest BCUT2D eigenvalue weighted by Gasteiger charge is -2.41. The zero-order chi connectivity index (χ0) is 22.6. The fraction of sp³-hybridized carbons (Fsp3) is 0.565. The summed E-state index contributed by atoms with van der Waals surface area (Å²) >= 11 is 0. The summed E-state index contributed by atoms with van der Waals surface area (Å²) in [6.07, 6.45) is 1.49. The molecule has 9 heteroatoms. The molecule has 0 spiro atoms. The Morgan fingerprint density at radius 2 is 1.59 bits per heavy atom. The van der Waals surface area contributed by atoms with E-state index in [1.165, 1.54) is 6.20 Å². The van der Waals surface area contributed by atoms with Crippen LogP contribution in [0.15, 0.2) is 17.1 Å². The summed E-state index contributed by atoms with van der Waals surface area (Å²) in [5.41, 5.74) is 2.10. The van der Waals surface area contributed by atoms with Gasteiger partial charge in [-0.1, -0.05) is 0 Å². The van der Waals surface area contributed by atoms with Gasteiger partial charge < -0.3 is 34.0 Å². The second-order valence-corrected chi connectivity index (χ2v) is 9.29. The summed E-state index contributed by atoms with van der Waals surface area (Å²) < 4.78 is 8.25. The van der Waals surface area contributed by atoms with E-state index >= 15 is 0 Å². The average Bonchev–Trinajstić information content (AvgIpc) is 2.78. The fourth-order valence-electron chi connectivity index (χ4n) is 5.01. The first-order valence-corrected chi connectivity index (χ1v) is 11.3. The van der Waals surface area contributed by atoms with Gasteiger partial charge in [-0.2, -0.15) is 0 Å². The zero-order valence-corrected chi connectivity index (χ0v) is 19.0. The van der Waals surface area contributed by atoms with Crippen molar-refractivity contribution in [3.8, 4) is 5.75 Å². The Labute approximate surface area is 187 Å². The number of aromatic carboxylic acids is 1. The van der Waals surface area contributed by atoms with E-state index < -0.39 is 11.4 Å². The predicted molar refractivity (Wildman–Crippen MR) is 125 cm³/mol. The van der Waals surface area contributed by atoms with Crippen molar-refractivity contribution in [3.63, 3.8) is 0 Å². The summed E-state index contributed by atoms with van der Waals surface area (Å²) in [5.74, 6) is -0.474. The molecule has 4 heterocycles. The highest BCUT2D eigenvalue weighted by Crippen LogP contribution is 2.46. The first-order chi connectivity index (χ1) is 15.3. The van der Waals surface area contributed by atoms with Crippen LogP contribution in [0.5, 0.6) is 5.75 Å². The van der Waals surface area contributed by atoms with E-state index in [0.29, 0.717) is 23.3 Å². The molecule has 1 aromatic heterocycles. The molecule has 2 aromatic rings. The molecule has 32 heavy (non-hydrogen) atoms. The first-order valence-electron chi connectivity index (χ1n) is 11.3. The predicted octanol–water partition coefficient (Wildman–Crippen LogP) is 1.16. The largest absolute Gasteiger partial charge is 0.487 e. The van der Waals surface area contributed by atoms with Gasteiger partial charge in [-0.15, -0.1) is 0 Å². The second kappa shape index (κ2) is 7.97. The number of nitrogens with zero attached hydrogens (tertiary/aromatic N) is 5. The molecule has 9 nitrogen and oxygen atoms in total. The third-order valence-corrected chi connectivity index (χ3v) is 7.06. The maximum absolute atomic E-state index is 13.2. The van der Waals surface area contributed by atoms with Gasteiger partial charge in [-0.05, 0) is 27.1 Å². The van der Waals surface area contributed by atoms with Crippen molar-refractivity contribution in [2.75, 3.05) is 82.9 Å². The van der Waals surface area contributed by atoms with Crippen molar-refractivity contribution in [1.29, 1.82) is 0 Å². The van der Waals surface area contributed by atoms with Crippen molar-refractivity contribution in [3.05, 3.63) is 28.0 Å². The molecule has 0 bridgehead atoms. The van der Waals surface area contributed by atoms with Crippen molar-refractivity contribution in [2.24, 2.45) is 0 Å². The third kappa shape index (κ3) is 3.40. The zero-order valence-electron chi connectivity index (χ0n) is 19.0. The van der Waals surface area contributed by atoms with Gasteiger partial charge in [-0.3, -0.25) is 4.79 Å². The van der Waals surface area contributed by atoms with Gasteiger partial charge >= 0.3 is 5.97 Å². The van der Waals surface area contributed by atoms with Crippen LogP contribution in [0.4, 0.5) is 11.4 Å². The fourth-order valence-corrected chi connectivity index (χ4v) is 5.01. The molecule has 0 amide bonds. The van der Waals surface area contributed by atoms with Gasteiger partial charge in [0.1, 0.15) is 17.9 Å². The number of carboxylic acid groups (broad SMARTS) is 1. The minimum Gasteiger partial charge on any atom is -0.487 e. The quantitative estimate of drug-likeness (QED) is 0.760. The molecule has 0 radical (unpaired) electrons. The minimum atomic E-state index is -1.19. The van der Waals surface area contributed by atoms with Crippen molar-refractivity contribution in [2.45, 2.75) is 13.0 Å². The maximum atomic E-state index is 13.2. The second-order valence-electron chi connectivity index (χ2n) is 9.29. The first kappa shape index (κ1) is 21.1. The molecular weight excluding hydrogens is 410 g/mol. The number of benzene rings is 1. The molecule has 3 aliphatic heterocycles. The van der Waals surface area contributed by atoms with Crippen molar-refractivity contribution < 1.29 is 14.6 Å². The number of likely N-dealkylation sites (N-methyl/N-ethyl adjacent to an activating group) is 2. The molecule has 5 rings (SSSR count). The van der Waals surface area contributed by atoms with Crippen LogP contribution in [0.1, 0.15) is 23.3 Å². The summed E-state index contributed by atoms with van der Waals surface area (Å²) in [6.45, 7) is 9.69. The van der Waals surface area contributed by atoms with E-state index in [9.17, 15) is 14.7 Å². The Morgan fingerprint density at radius 1 is 1.00 bits per heavy atom. The van der Waals surface area contributed by atoms with Crippen LogP contribution in [-0.2, 0) is 0 Å². The molecule has 1 N–H and O–H groups in total. The smallest absolute Gasteiger partial charge is 0.341 e. The molecule has 0 saturated carbocycles. The van der Waals surface area contributed by atoms with Gasteiger partial charge in [0.25, 0.3) is 0 Å². The van der Waals surface area contributed by atoms with Gasteiger partial charge in [0.05, 0.1) is 22.6 Å². The lowest BCUT2D eigenvalue weighted by atomic mass is 10.0. The van der Waals surface area contributed by atoms with E-state index in [0.717, 1.165) is 63.7 Å². The molecule has 2 fully saturated rings. The standard InChI is InChI=1S/C23H31N5O4/c1-15-14-32-22-19-16(21(29)17(23(30)31)13-28(15)19)12-18(26-8-4-24(2)5-9-26)20(22)27-10-6-25(3)7-11-27/h12-13,15H,4-11,14H2,1-3H3,(H,30,31)/t15-/m1/s1. The van der Waals surface area contributed by atoms with Crippen LogP contribution in [0, 0.1) is 0 Å². The van der Waals surface area contributed by atoms with Crippen molar-refractivity contribution >= 4 is 28.2 Å². The van der Waals surface area contributed by atoms with E-state index in [-0.39, 0.29) is 11.6 Å². The number of anilines is 2. The number of aromatic nitrogens is 1. The summed E-state index contributed by atoms with van der Waals surface area (Å²) in [7, 11) is 4.25. The van der Waals surface area contributed by atoms with Gasteiger partial charge in [0.15, 0.2) is 5.75 Å². The van der Waals surface area contributed by atoms with Crippen LogP contribution in [0.2, 0.25) is 0 Å². The lowest BCUT2D eigenvalue weighted by molar-refractivity contribution is 0.0694. The Kier molecular flexibility index (Phi) is 5.25. The Morgan fingerprint density at radius 3 is 2.19 bits per heavy atom. The molecule has 3 aliphatic rings. The van der Waals surface area contributed by atoms with E-state index in [2.05, 4.69) is 33.7 Å². The number of pyridine rings is 1. The number of carboxylic acids is 1. The molecule has 0 unspecified atom stereocenters. The van der Waals surface area contributed by atoms with Crippen LogP contribution in [-0.4, -0.2) is 98.5 Å². The van der Waals surface area contributed by atoms with E-state index in [1.807, 2.05) is 17.6 Å². The number of ether oxygens (including phenoxy) is 1. The van der Waals surface area contributed by atoms with Crippen LogP contribution in [0.25, 0.3) is 10.9 Å². The number of rotatable bonds is 3. The molecular formula is C23H31N5O4. The van der Waals surface area contributed by atoms with E-state index in [1.54, 1.807) is 0 Å².